The van der Waals surface area contributed by atoms with Crippen LogP contribution in [0.3, 0.4) is 0 Å². The summed E-state index contributed by atoms with van der Waals surface area (Å²) in [4.78, 5) is 52.5. The van der Waals surface area contributed by atoms with E-state index in [2.05, 4.69) is 5.43 Å². The maximum Gasteiger partial charge on any atom is 0.306 e. The second-order valence-electron chi connectivity index (χ2n) is 7.58. The van der Waals surface area contributed by atoms with Crippen molar-refractivity contribution in [3.8, 4) is 0 Å². The zero-order chi connectivity index (χ0) is 24.8. The largest absolute Gasteiger partial charge is 0.466 e. The van der Waals surface area contributed by atoms with Gasteiger partial charge >= 0.3 is 5.97 Å². The molecule has 0 spiro atoms. The van der Waals surface area contributed by atoms with E-state index in [-0.39, 0.29) is 43.3 Å². The Morgan fingerprint density at radius 2 is 1.88 bits per heavy atom. The van der Waals surface area contributed by atoms with Crippen LogP contribution in [0.5, 0.6) is 0 Å². The van der Waals surface area contributed by atoms with Gasteiger partial charge in [0.2, 0.25) is 5.91 Å². The summed E-state index contributed by atoms with van der Waals surface area (Å²) < 4.78 is 4.96. The van der Waals surface area contributed by atoms with E-state index in [0.29, 0.717) is 28.9 Å². The van der Waals surface area contributed by atoms with Crippen LogP contribution in [0.1, 0.15) is 52.1 Å². The van der Waals surface area contributed by atoms with Crippen LogP contribution < -0.4 is 16.1 Å². The summed E-state index contributed by atoms with van der Waals surface area (Å²) in [6, 6.07) is 11.3. The number of nitrogens with two attached hydrogens (primary N) is 1. The van der Waals surface area contributed by atoms with Crippen LogP contribution in [0.25, 0.3) is 0 Å². The van der Waals surface area contributed by atoms with E-state index in [1.54, 1.807) is 44.2 Å². The number of nitrogen functional groups attached to an aromatic ring is 1. The third-order valence-electron chi connectivity index (χ3n) is 5.38. The van der Waals surface area contributed by atoms with Gasteiger partial charge in [-0.3, -0.25) is 30.0 Å². The molecule has 0 aromatic heterocycles. The second-order valence-corrected chi connectivity index (χ2v) is 7.58. The molecule has 3 rings (SSSR count). The summed E-state index contributed by atoms with van der Waals surface area (Å²) in [5.41, 5.74) is 9.95. The van der Waals surface area contributed by atoms with Gasteiger partial charge in [-0.25, -0.2) is 5.01 Å². The molecule has 10 heteroatoms. The van der Waals surface area contributed by atoms with E-state index < -0.39 is 17.8 Å². The predicted octanol–water partition coefficient (Wildman–Crippen LogP) is 1.62. The first-order valence-corrected chi connectivity index (χ1v) is 10.9. The lowest BCUT2D eigenvalue weighted by Gasteiger charge is -2.22. The Labute approximate surface area is 197 Å². The number of nitrogens with one attached hydrogen (secondary N) is 2. The minimum absolute atomic E-state index is 0.0233. The molecule has 178 valence electrons. The van der Waals surface area contributed by atoms with Gasteiger partial charge in [0.1, 0.15) is 12.4 Å². The minimum Gasteiger partial charge on any atom is -0.466 e. The number of nitrogens with zero attached hydrogens (tertiary/aromatic N) is 2. The van der Waals surface area contributed by atoms with Gasteiger partial charge in [0, 0.05) is 24.1 Å². The fraction of sp³-hybridized carbons (Fsp3) is 0.292. The van der Waals surface area contributed by atoms with E-state index >= 15 is 0 Å². The summed E-state index contributed by atoms with van der Waals surface area (Å²) in [5, 5.41) is 8.66. The van der Waals surface area contributed by atoms with E-state index in [9.17, 15) is 19.2 Å². The number of likely N-dealkylation sites (N-methyl/N-ethyl adjacent to an activating group) is 1. The van der Waals surface area contributed by atoms with E-state index in [4.69, 9.17) is 15.9 Å². The van der Waals surface area contributed by atoms with E-state index in [1.807, 2.05) is 0 Å². The molecule has 1 aliphatic heterocycles. The second kappa shape index (κ2) is 10.6. The summed E-state index contributed by atoms with van der Waals surface area (Å²) in [6.07, 6.45) is 0.192. The van der Waals surface area contributed by atoms with Crippen LogP contribution in [0.2, 0.25) is 0 Å². The Morgan fingerprint density at radius 3 is 2.56 bits per heavy atom. The highest BCUT2D eigenvalue weighted by atomic mass is 16.5. The number of anilines is 1. The molecule has 2 aromatic rings. The molecule has 0 bridgehead atoms. The molecule has 0 fully saturated rings. The third-order valence-corrected chi connectivity index (χ3v) is 5.38. The summed E-state index contributed by atoms with van der Waals surface area (Å²) in [5.74, 6) is -2.09. The standard InChI is InChI=1S/C24H27N5O5/c1-3-28-19-8-6-5-7-18(19)24(33)29(14-20(28)30)27-23(32)17-11-9-16(22(25)26)13-15(17)10-12-21(31)34-4-2/h5-9,11,13H,3-4,10,12,14H2,1-2H3,(H3,25,26)(H,27,32). The van der Waals surface area contributed by atoms with Crippen molar-refractivity contribution in [2.45, 2.75) is 26.7 Å². The number of para-hydroxylation sites is 1. The predicted molar refractivity (Wildman–Crippen MR) is 125 cm³/mol. The van der Waals surface area contributed by atoms with Crippen molar-refractivity contribution < 1.29 is 23.9 Å². The van der Waals surface area contributed by atoms with Crippen molar-refractivity contribution in [3.63, 3.8) is 0 Å². The van der Waals surface area contributed by atoms with Crippen LogP contribution in [-0.4, -0.2) is 54.2 Å². The average Bonchev–Trinajstić information content (AvgIpc) is 2.91. The van der Waals surface area contributed by atoms with Crippen molar-refractivity contribution in [3.05, 3.63) is 64.7 Å². The van der Waals surface area contributed by atoms with Crippen molar-refractivity contribution in [2.75, 3.05) is 24.6 Å². The number of hydrogen-bond acceptors (Lipinski definition) is 6. The smallest absolute Gasteiger partial charge is 0.306 e. The van der Waals surface area contributed by atoms with Crippen molar-refractivity contribution in [1.29, 1.82) is 5.41 Å². The van der Waals surface area contributed by atoms with Gasteiger partial charge < -0.3 is 15.4 Å². The maximum absolute atomic E-state index is 13.2. The molecule has 3 amide bonds. The number of carbonyl (C=O) groups is 4. The van der Waals surface area contributed by atoms with Gasteiger partial charge in [0.05, 0.1) is 17.9 Å². The first-order valence-electron chi connectivity index (χ1n) is 10.9. The quantitative estimate of drug-likeness (QED) is 0.307. The van der Waals surface area contributed by atoms with Crippen molar-refractivity contribution in [2.24, 2.45) is 5.73 Å². The molecule has 0 atom stereocenters. The molecule has 0 radical (unpaired) electrons. The van der Waals surface area contributed by atoms with E-state index in [0.717, 1.165) is 5.01 Å². The molecule has 1 heterocycles. The molecule has 4 N–H and O–H groups in total. The number of hydrogen-bond donors (Lipinski definition) is 3. The van der Waals surface area contributed by atoms with E-state index in [1.165, 1.54) is 17.0 Å². The fourth-order valence-corrected chi connectivity index (χ4v) is 3.74. The minimum atomic E-state index is -0.627. The van der Waals surface area contributed by atoms with Gasteiger partial charge in [-0.15, -0.1) is 0 Å². The maximum atomic E-state index is 13.2. The number of rotatable bonds is 8. The number of amidine groups is 1. The first-order chi connectivity index (χ1) is 16.3. The topological polar surface area (TPSA) is 146 Å². The third kappa shape index (κ3) is 5.22. The molecule has 1 aliphatic rings. The average molecular weight is 466 g/mol. The highest BCUT2D eigenvalue weighted by Gasteiger charge is 2.32. The molecule has 10 nitrogen and oxygen atoms in total. The zero-order valence-electron chi connectivity index (χ0n) is 19.1. The lowest BCUT2D eigenvalue weighted by molar-refractivity contribution is -0.143. The molecular formula is C24H27N5O5. The van der Waals surface area contributed by atoms with Crippen LogP contribution in [-0.2, 0) is 20.7 Å². The summed E-state index contributed by atoms with van der Waals surface area (Å²) >= 11 is 0. The molecule has 0 unspecified atom stereocenters. The Kier molecular flexibility index (Phi) is 7.62. The number of benzene rings is 2. The normalized spacial score (nSPS) is 13.2. The van der Waals surface area contributed by atoms with Gasteiger partial charge in [-0.1, -0.05) is 18.2 Å². The molecule has 0 saturated heterocycles. The van der Waals surface area contributed by atoms with Crippen LogP contribution >= 0.6 is 0 Å². The number of ether oxygens (including phenoxy) is 1. The Hall–Kier alpha value is -4.21. The van der Waals surface area contributed by atoms with Crippen LogP contribution in [0, 0.1) is 5.41 Å². The monoisotopic (exact) mass is 465 g/mol. The van der Waals surface area contributed by atoms with Crippen molar-refractivity contribution in [1.82, 2.24) is 10.4 Å². The number of esters is 1. The first kappa shape index (κ1) is 24.4. The van der Waals surface area contributed by atoms with Gasteiger partial charge in [0.15, 0.2) is 0 Å². The number of fused-ring (bicyclic) bond motifs is 1. The molecular weight excluding hydrogens is 438 g/mol. The molecule has 0 saturated carbocycles. The van der Waals surface area contributed by atoms with Crippen molar-refractivity contribution >= 4 is 35.2 Å². The van der Waals surface area contributed by atoms with Gasteiger partial charge in [-0.2, -0.15) is 0 Å². The number of carbonyl (C=O) groups excluding carboxylic acids is 4. The number of amides is 3. The molecule has 2 aromatic carbocycles. The lowest BCUT2D eigenvalue weighted by atomic mass is 9.99. The highest BCUT2D eigenvalue weighted by molar-refractivity contribution is 6.10. The lowest BCUT2D eigenvalue weighted by Crippen LogP contribution is -2.49. The molecule has 34 heavy (non-hydrogen) atoms. The fourth-order valence-electron chi connectivity index (χ4n) is 3.74. The number of hydrazine groups is 1. The number of aryl methyl sites for hydroxylation is 1. The summed E-state index contributed by atoms with van der Waals surface area (Å²) in [7, 11) is 0. The van der Waals surface area contributed by atoms with Crippen LogP contribution in [0.15, 0.2) is 42.5 Å². The van der Waals surface area contributed by atoms with Gasteiger partial charge in [-0.05, 0) is 50.1 Å². The Bertz CT molecular complexity index is 1150. The van der Waals surface area contributed by atoms with Crippen LogP contribution in [0.4, 0.5) is 5.69 Å². The highest BCUT2D eigenvalue weighted by Crippen LogP contribution is 2.25. The van der Waals surface area contributed by atoms with Gasteiger partial charge in [0.25, 0.3) is 11.8 Å². The summed E-state index contributed by atoms with van der Waals surface area (Å²) in [6.45, 7) is 3.78. The zero-order valence-corrected chi connectivity index (χ0v) is 19.1. The molecule has 0 aliphatic carbocycles. The SMILES string of the molecule is CCOC(=O)CCc1cc(C(=N)N)ccc1C(=O)NN1CC(=O)N(CC)c2ccccc2C1=O. The Morgan fingerprint density at radius 1 is 1.15 bits per heavy atom. The Balaban J connectivity index is 1.89.